The molecular formula is C9H8AlClN2O3. The highest BCUT2D eigenvalue weighted by Crippen LogP contribution is 2.23. The van der Waals surface area contributed by atoms with Gasteiger partial charge in [-0.15, -0.1) is 0 Å². The van der Waals surface area contributed by atoms with Crippen molar-refractivity contribution in [2.24, 2.45) is 0 Å². The first-order valence-electron chi connectivity index (χ1n) is 4.27. The van der Waals surface area contributed by atoms with Crippen LogP contribution in [0.5, 0.6) is 0 Å². The van der Waals surface area contributed by atoms with Gasteiger partial charge in [0.05, 0.1) is 17.8 Å². The smallest absolute Gasteiger partial charge is 0.358 e. The van der Waals surface area contributed by atoms with Gasteiger partial charge in [0, 0.05) is 6.92 Å². The van der Waals surface area contributed by atoms with Crippen LogP contribution in [0.2, 0.25) is 5.02 Å². The van der Waals surface area contributed by atoms with Gasteiger partial charge >= 0.3 is 5.97 Å². The van der Waals surface area contributed by atoms with Crippen molar-refractivity contribution in [2.45, 2.75) is 6.92 Å². The van der Waals surface area contributed by atoms with Crippen LogP contribution in [-0.2, 0) is 9.53 Å². The van der Waals surface area contributed by atoms with E-state index in [0.29, 0.717) is 10.2 Å². The third-order valence-corrected chi connectivity index (χ3v) is 2.35. The SMILES string of the molecule is COC(=O)c1n[c]([Al])cc(NC(C)=O)c1Cl. The highest BCUT2D eigenvalue weighted by Gasteiger charge is 2.16. The van der Waals surface area contributed by atoms with E-state index in [0.717, 1.165) is 0 Å². The number of rotatable bonds is 2. The Kier molecular flexibility index (Phi) is 4.30. The molecule has 0 saturated heterocycles. The first-order chi connectivity index (χ1) is 7.45. The van der Waals surface area contributed by atoms with Gasteiger partial charge in [-0.2, -0.15) is 0 Å². The summed E-state index contributed by atoms with van der Waals surface area (Å²) in [5.41, 5.74) is 0.301. The molecule has 0 aromatic carbocycles. The Labute approximate surface area is 106 Å². The Morgan fingerprint density at radius 3 is 2.69 bits per heavy atom. The number of hydrogen-bond acceptors (Lipinski definition) is 4. The molecule has 0 atom stereocenters. The minimum Gasteiger partial charge on any atom is -0.464 e. The van der Waals surface area contributed by atoms with Crippen molar-refractivity contribution in [3.63, 3.8) is 0 Å². The number of carbonyl (C=O) groups is 2. The van der Waals surface area contributed by atoms with E-state index in [2.05, 4.69) is 31.3 Å². The molecule has 1 N–H and O–H groups in total. The lowest BCUT2D eigenvalue weighted by atomic mass is 10.3. The Morgan fingerprint density at radius 2 is 2.19 bits per heavy atom. The van der Waals surface area contributed by atoms with Crippen LogP contribution in [-0.4, -0.2) is 40.3 Å². The van der Waals surface area contributed by atoms with Gasteiger partial charge in [-0.1, -0.05) is 16.2 Å². The zero-order valence-corrected chi connectivity index (χ0v) is 10.6. The zero-order valence-electron chi connectivity index (χ0n) is 8.70. The van der Waals surface area contributed by atoms with E-state index in [1.165, 1.54) is 14.0 Å². The lowest BCUT2D eigenvalue weighted by molar-refractivity contribution is -0.114. The first kappa shape index (κ1) is 13.0. The van der Waals surface area contributed by atoms with Crippen molar-refractivity contribution >= 4 is 50.0 Å². The summed E-state index contributed by atoms with van der Waals surface area (Å²) in [5.74, 6) is -0.936. The van der Waals surface area contributed by atoms with Gasteiger partial charge in [-0.3, -0.25) is 9.78 Å². The number of nitrogens with zero attached hydrogens (tertiary/aromatic N) is 1. The van der Waals surface area contributed by atoms with E-state index in [-0.39, 0.29) is 16.6 Å². The number of ether oxygens (including phenoxy) is 1. The number of esters is 1. The van der Waals surface area contributed by atoms with Crippen molar-refractivity contribution in [2.75, 3.05) is 12.4 Å². The molecule has 0 bridgehead atoms. The number of amides is 1. The van der Waals surface area contributed by atoms with Gasteiger partial charge in [0.2, 0.25) is 22.2 Å². The number of nitrogens with one attached hydrogen (secondary N) is 1. The summed E-state index contributed by atoms with van der Waals surface area (Å²) in [4.78, 5) is 26.2. The molecule has 0 saturated carbocycles. The molecule has 2 radical (unpaired) electrons. The quantitative estimate of drug-likeness (QED) is 0.608. The number of aromatic nitrogens is 1. The highest BCUT2D eigenvalue weighted by atomic mass is 35.5. The van der Waals surface area contributed by atoms with E-state index >= 15 is 0 Å². The van der Waals surface area contributed by atoms with Crippen LogP contribution < -0.4 is 9.87 Å². The lowest BCUT2D eigenvalue weighted by Gasteiger charge is -2.09. The van der Waals surface area contributed by atoms with Crippen LogP contribution in [0.25, 0.3) is 0 Å². The monoisotopic (exact) mass is 254 g/mol. The van der Waals surface area contributed by atoms with Crippen LogP contribution in [0, 0.1) is 0 Å². The summed E-state index contributed by atoms with van der Waals surface area (Å²) in [6, 6.07) is 1.54. The molecule has 0 aliphatic rings. The summed E-state index contributed by atoms with van der Waals surface area (Å²) < 4.78 is 5.00. The Hall–Kier alpha value is -1.09. The Balaban J connectivity index is 3.25. The molecule has 16 heavy (non-hydrogen) atoms. The maximum Gasteiger partial charge on any atom is 0.358 e. The highest BCUT2D eigenvalue weighted by molar-refractivity contribution is 6.38. The van der Waals surface area contributed by atoms with Crippen molar-refractivity contribution in [1.82, 2.24) is 4.98 Å². The molecule has 0 fully saturated rings. The fourth-order valence-electron chi connectivity index (χ4n) is 1.06. The third kappa shape index (κ3) is 2.95. The van der Waals surface area contributed by atoms with Gasteiger partial charge in [0.25, 0.3) is 0 Å². The largest absolute Gasteiger partial charge is 0.464 e. The second-order valence-corrected chi connectivity index (χ2v) is 3.90. The minimum atomic E-state index is -0.652. The van der Waals surface area contributed by atoms with Gasteiger partial charge < -0.3 is 10.1 Å². The van der Waals surface area contributed by atoms with Gasteiger partial charge in [0.15, 0.2) is 5.69 Å². The van der Waals surface area contributed by atoms with E-state index in [9.17, 15) is 9.59 Å². The fourth-order valence-corrected chi connectivity index (χ4v) is 1.58. The second-order valence-electron chi connectivity index (χ2n) is 2.93. The van der Waals surface area contributed by atoms with Crippen LogP contribution in [0.15, 0.2) is 6.07 Å². The summed E-state index contributed by atoms with van der Waals surface area (Å²) in [5, 5.41) is 2.56. The van der Waals surface area contributed by atoms with Crippen LogP contribution in [0.3, 0.4) is 0 Å². The zero-order chi connectivity index (χ0) is 12.3. The van der Waals surface area contributed by atoms with Gasteiger partial charge in [-0.05, 0) is 6.07 Å². The molecule has 0 unspecified atom stereocenters. The topological polar surface area (TPSA) is 68.3 Å². The maximum atomic E-state index is 11.3. The van der Waals surface area contributed by atoms with Crippen molar-refractivity contribution in [1.29, 1.82) is 0 Å². The van der Waals surface area contributed by atoms with Crippen molar-refractivity contribution < 1.29 is 14.3 Å². The van der Waals surface area contributed by atoms with Gasteiger partial charge in [-0.25, -0.2) is 4.79 Å². The van der Waals surface area contributed by atoms with E-state index in [1.807, 2.05) is 0 Å². The lowest BCUT2D eigenvalue weighted by Crippen LogP contribution is -2.19. The molecule has 1 rings (SSSR count). The minimum absolute atomic E-state index is 0.0274. The molecule has 0 aliphatic carbocycles. The Morgan fingerprint density at radius 1 is 1.56 bits per heavy atom. The Bertz CT molecular complexity index is 451. The average molecular weight is 255 g/mol. The first-order valence-corrected chi connectivity index (χ1v) is 5.23. The van der Waals surface area contributed by atoms with Crippen LogP contribution >= 0.6 is 11.6 Å². The normalized spacial score (nSPS) is 9.69. The van der Waals surface area contributed by atoms with Gasteiger partial charge in [0.1, 0.15) is 0 Å². The number of carbonyl (C=O) groups excluding carboxylic acids is 2. The predicted molar refractivity (Wildman–Crippen MR) is 60.3 cm³/mol. The molecule has 1 heterocycles. The molecule has 0 aliphatic heterocycles. The average Bonchev–Trinajstić information content (AvgIpc) is 2.21. The summed E-state index contributed by atoms with van der Waals surface area (Å²) in [7, 11) is 1.23. The molecule has 0 spiro atoms. The van der Waals surface area contributed by atoms with Crippen LogP contribution in [0.1, 0.15) is 17.4 Å². The second kappa shape index (κ2) is 5.30. The molecule has 82 valence electrons. The van der Waals surface area contributed by atoms with E-state index < -0.39 is 5.97 Å². The maximum absolute atomic E-state index is 11.3. The number of halogens is 1. The summed E-state index contributed by atoms with van der Waals surface area (Å²) >= 11 is 8.23. The molecular weight excluding hydrogens is 247 g/mol. The predicted octanol–water partition coefficient (Wildman–Crippen LogP) is 0.274. The molecule has 1 aromatic heterocycles. The number of pyridine rings is 1. The summed E-state index contributed by atoms with van der Waals surface area (Å²) in [6.45, 7) is 1.34. The standard InChI is InChI=1S/C9H8ClN2O3.Al/c1-5(13)12-6-3-4-11-8(7(6)10)9(14)15-2;/h3H,1-2H3,(H,11,12,13);. The molecule has 5 nitrogen and oxygen atoms in total. The molecule has 1 aromatic rings. The fraction of sp³-hybridized carbons (Fsp3) is 0.222. The third-order valence-electron chi connectivity index (χ3n) is 1.67. The number of hydrogen-bond donors (Lipinski definition) is 1. The van der Waals surface area contributed by atoms with E-state index in [1.54, 1.807) is 6.07 Å². The van der Waals surface area contributed by atoms with Crippen molar-refractivity contribution in [3.05, 3.63) is 16.8 Å². The molecule has 7 heteroatoms. The van der Waals surface area contributed by atoms with E-state index in [4.69, 9.17) is 11.6 Å². The van der Waals surface area contributed by atoms with Crippen molar-refractivity contribution in [3.8, 4) is 0 Å². The summed E-state index contributed by atoms with van der Waals surface area (Å²) in [6.07, 6.45) is 0. The molecule has 1 amide bonds. The number of methoxy groups -OCH3 is 1. The number of anilines is 1. The van der Waals surface area contributed by atoms with Crippen LogP contribution in [0.4, 0.5) is 5.69 Å².